The van der Waals surface area contributed by atoms with Crippen LogP contribution in [0, 0.1) is 18.8 Å². The van der Waals surface area contributed by atoms with Gasteiger partial charge in [-0.15, -0.1) is 0 Å². The molecule has 0 saturated carbocycles. The number of benzene rings is 1. The lowest BCUT2D eigenvalue weighted by Crippen LogP contribution is -2.35. The molecule has 2 fully saturated rings. The standard InChI is InChI=1S/C23H31N5O/c1-6-18-11-21(25-23(24-18)26(4)5)27-12-17-13-28(16(3)29)22(20(17)14-27)19-10-8-7-9-15(19)2/h7-11,17,20,22H,6,12-14H2,1-5H3/t17-,20-,22-/m1/s1. The van der Waals surface area contributed by atoms with Crippen molar-refractivity contribution in [1.82, 2.24) is 14.9 Å². The Hall–Kier alpha value is -2.63. The number of likely N-dealkylation sites (tertiary alicyclic amines) is 1. The van der Waals surface area contributed by atoms with Gasteiger partial charge in [0.25, 0.3) is 0 Å². The van der Waals surface area contributed by atoms with Gasteiger partial charge in [-0.25, -0.2) is 4.98 Å². The summed E-state index contributed by atoms with van der Waals surface area (Å²) in [5.74, 6) is 2.82. The van der Waals surface area contributed by atoms with Gasteiger partial charge < -0.3 is 14.7 Å². The van der Waals surface area contributed by atoms with Crippen LogP contribution in [0.3, 0.4) is 0 Å². The highest BCUT2D eigenvalue weighted by molar-refractivity contribution is 5.74. The number of aromatic nitrogens is 2. The molecule has 1 aromatic carbocycles. The minimum absolute atomic E-state index is 0.143. The Labute approximate surface area is 173 Å². The van der Waals surface area contributed by atoms with Gasteiger partial charge in [-0.05, 0) is 24.5 Å². The molecule has 0 unspecified atom stereocenters. The molecule has 4 rings (SSSR count). The van der Waals surface area contributed by atoms with Crippen LogP contribution < -0.4 is 9.80 Å². The molecule has 0 N–H and O–H groups in total. The molecule has 0 aliphatic carbocycles. The molecule has 0 bridgehead atoms. The molecule has 1 aromatic heterocycles. The lowest BCUT2D eigenvalue weighted by Gasteiger charge is -2.30. The molecule has 6 nitrogen and oxygen atoms in total. The van der Waals surface area contributed by atoms with Gasteiger partial charge in [0.05, 0.1) is 6.04 Å². The first kappa shape index (κ1) is 19.7. The molecule has 0 spiro atoms. The largest absolute Gasteiger partial charge is 0.356 e. The van der Waals surface area contributed by atoms with Crippen molar-refractivity contribution in [3.63, 3.8) is 0 Å². The summed E-state index contributed by atoms with van der Waals surface area (Å²) >= 11 is 0. The van der Waals surface area contributed by atoms with Crippen molar-refractivity contribution in [2.24, 2.45) is 11.8 Å². The zero-order valence-corrected chi connectivity index (χ0v) is 18.1. The number of hydrogen-bond donors (Lipinski definition) is 0. The molecule has 29 heavy (non-hydrogen) atoms. The quantitative estimate of drug-likeness (QED) is 0.799. The third-order valence-electron chi connectivity index (χ3n) is 6.42. The number of nitrogens with zero attached hydrogens (tertiary/aromatic N) is 5. The number of anilines is 2. The maximum atomic E-state index is 12.4. The van der Waals surface area contributed by atoms with Crippen LogP contribution >= 0.6 is 0 Å². The minimum Gasteiger partial charge on any atom is -0.356 e. The van der Waals surface area contributed by atoms with Crippen LogP contribution in [0.1, 0.15) is 36.7 Å². The van der Waals surface area contributed by atoms with Crippen LogP contribution in [-0.2, 0) is 11.2 Å². The van der Waals surface area contributed by atoms with E-state index in [2.05, 4.69) is 59.0 Å². The molecule has 3 atom stereocenters. The van der Waals surface area contributed by atoms with E-state index >= 15 is 0 Å². The number of rotatable bonds is 4. The van der Waals surface area contributed by atoms with E-state index in [0.29, 0.717) is 11.8 Å². The summed E-state index contributed by atoms with van der Waals surface area (Å²) in [6.45, 7) is 8.65. The number of aryl methyl sites for hydroxylation is 2. The predicted molar refractivity (Wildman–Crippen MR) is 116 cm³/mol. The summed E-state index contributed by atoms with van der Waals surface area (Å²) in [6.07, 6.45) is 0.890. The third-order valence-corrected chi connectivity index (χ3v) is 6.42. The van der Waals surface area contributed by atoms with Crippen molar-refractivity contribution in [3.8, 4) is 0 Å². The molecule has 1 amide bonds. The fraction of sp³-hybridized carbons (Fsp3) is 0.522. The first-order chi connectivity index (χ1) is 13.9. The highest BCUT2D eigenvalue weighted by Gasteiger charge is 2.49. The van der Waals surface area contributed by atoms with Crippen LogP contribution in [0.4, 0.5) is 11.8 Å². The van der Waals surface area contributed by atoms with Crippen molar-refractivity contribution < 1.29 is 4.79 Å². The Morgan fingerprint density at radius 1 is 1.17 bits per heavy atom. The molecular weight excluding hydrogens is 362 g/mol. The Kier molecular flexibility index (Phi) is 5.19. The van der Waals surface area contributed by atoms with Crippen LogP contribution in [-0.4, -0.2) is 54.5 Å². The number of fused-ring (bicyclic) bond motifs is 1. The Morgan fingerprint density at radius 2 is 1.93 bits per heavy atom. The summed E-state index contributed by atoms with van der Waals surface area (Å²) in [7, 11) is 3.96. The second kappa shape index (κ2) is 7.65. The molecular formula is C23H31N5O. The minimum atomic E-state index is 0.143. The summed E-state index contributed by atoms with van der Waals surface area (Å²) < 4.78 is 0. The van der Waals surface area contributed by atoms with Gasteiger partial charge in [-0.1, -0.05) is 31.2 Å². The Morgan fingerprint density at radius 3 is 2.59 bits per heavy atom. The molecule has 2 aliphatic heterocycles. The average molecular weight is 394 g/mol. The van der Waals surface area contributed by atoms with E-state index in [0.717, 1.165) is 43.5 Å². The van der Waals surface area contributed by atoms with Gasteiger partial charge in [0.15, 0.2) is 0 Å². The number of hydrogen-bond acceptors (Lipinski definition) is 5. The van der Waals surface area contributed by atoms with Crippen LogP contribution in [0.2, 0.25) is 0 Å². The fourth-order valence-corrected chi connectivity index (χ4v) is 4.89. The van der Waals surface area contributed by atoms with Gasteiger partial charge in [-0.2, -0.15) is 4.98 Å². The van der Waals surface area contributed by atoms with Gasteiger partial charge in [0.1, 0.15) is 5.82 Å². The van der Waals surface area contributed by atoms with E-state index in [-0.39, 0.29) is 11.9 Å². The summed E-state index contributed by atoms with van der Waals surface area (Å²) in [5, 5.41) is 0. The van der Waals surface area contributed by atoms with Crippen molar-refractivity contribution in [1.29, 1.82) is 0 Å². The van der Waals surface area contributed by atoms with E-state index in [1.165, 1.54) is 11.1 Å². The van der Waals surface area contributed by atoms with Gasteiger partial charge in [0.2, 0.25) is 11.9 Å². The van der Waals surface area contributed by atoms with Crippen molar-refractivity contribution in [2.45, 2.75) is 33.2 Å². The number of amides is 1. The maximum absolute atomic E-state index is 12.4. The van der Waals surface area contributed by atoms with Gasteiger partial charge in [0, 0.05) is 64.2 Å². The molecule has 6 heteroatoms. The second-order valence-corrected chi connectivity index (χ2v) is 8.57. The van der Waals surface area contributed by atoms with E-state index in [4.69, 9.17) is 4.98 Å². The van der Waals surface area contributed by atoms with Crippen molar-refractivity contribution in [3.05, 3.63) is 47.2 Å². The highest BCUT2D eigenvalue weighted by Crippen LogP contribution is 2.46. The third kappa shape index (κ3) is 3.56. The van der Waals surface area contributed by atoms with Gasteiger partial charge >= 0.3 is 0 Å². The first-order valence-corrected chi connectivity index (χ1v) is 10.5. The number of carbonyl (C=O) groups excluding carboxylic acids is 1. The topological polar surface area (TPSA) is 52.6 Å². The molecule has 154 valence electrons. The zero-order valence-electron chi connectivity index (χ0n) is 18.1. The molecule has 2 aliphatic rings. The van der Waals surface area contributed by atoms with E-state index in [1.54, 1.807) is 6.92 Å². The summed E-state index contributed by atoms with van der Waals surface area (Å²) in [5.41, 5.74) is 3.60. The smallest absolute Gasteiger partial charge is 0.227 e. The predicted octanol–water partition coefficient (Wildman–Crippen LogP) is 3.07. The highest BCUT2D eigenvalue weighted by atomic mass is 16.2. The van der Waals surface area contributed by atoms with Crippen LogP contribution in [0.5, 0.6) is 0 Å². The van der Waals surface area contributed by atoms with Crippen LogP contribution in [0.15, 0.2) is 30.3 Å². The Bertz CT molecular complexity index is 912. The molecule has 2 aromatic rings. The normalized spacial score (nSPS) is 23.4. The lowest BCUT2D eigenvalue weighted by atomic mass is 9.87. The molecule has 0 radical (unpaired) electrons. The first-order valence-electron chi connectivity index (χ1n) is 10.5. The monoisotopic (exact) mass is 393 g/mol. The summed E-state index contributed by atoms with van der Waals surface area (Å²) in [4.78, 5) is 28.3. The zero-order chi connectivity index (χ0) is 20.7. The van der Waals surface area contributed by atoms with E-state index in [1.807, 2.05) is 19.0 Å². The number of carbonyl (C=O) groups is 1. The van der Waals surface area contributed by atoms with E-state index in [9.17, 15) is 4.79 Å². The fourth-order valence-electron chi connectivity index (χ4n) is 4.89. The molecule has 3 heterocycles. The average Bonchev–Trinajstić information content (AvgIpc) is 3.26. The molecule has 2 saturated heterocycles. The lowest BCUT2D eigenvalue weighted by molar-refractivity contribution is -0.130. The van der Waals surface area contributed by atoms with Crippen LogP contribution in [0.25, 0.3) is 0 Å². The Balaban J connectivity index is 1.66. The maximum Gasteiger partial charge on any atom is 0.227 e. The van der Waals surface area contributed by atoms with Gasteiger partial charge in [-0.3, -0.25) is 4.79 Å². The SMILES string of the molecule is CCc1cc(N2C[C@@H]3CN(C(C)=O)[C@H](c4ccccc4C)[C@@H]3C2)nc(N(C)C)n1. The van der Waals surface area contributed by atoms with Crippen molar-refractivity contribution >= 4 is 17.7 Å². The van der Waals surface area contributed by atoms with Crippen molar-refractivity contribution in [2.75, 3.05) is 43.5 Å². The summed E-state index contributed by atoms with van der Waals surface area (Å²) in [6, 6.07) is 10.8. The second-order valence-electron chi connectivity index (χ2n) is 8.57. The van der Waals surface area contributed by atoms with E-state index < -0.39 is 0 Å².